The van der Waals surface area contributed by atoms with E-state index >= 15 is 0 Å². The third kappa shape index (κ3) is 6.76. The van der Waals surface area contributed by atoms with Gasteiger partial charge < -0.3 is 4.55 Å². The Hall–Kier alpha value is -3.32. The van der Waals surface area contributed by atoms with E-state index < -0.39 is 10.4 Å². The predicted octanol–water partition coefficient (Wildman–Crippen LogP) is 6.60. The summed E-state index contributed by atoms with van der Waals surface area (Å²) in [5.74, 6) is 0. The standard InChI is InChI=1S/C30H30N.C2H6O4S/c1-30(2,3)21-31-28(24-15-8-5-9-16-24)20-27(22-12-6-4-7-13-22)26-19-18-23-14-10-11-17-25(23)29(26)31;1-2-6-7(3,4)5/h4-17,20H,18-19,21H2,1-3H3;2H2,1H3,(H,3,4,5)/q+1;/p-1. The molecule has 0 radical (unpaired) electrons. The highest BCUT2D eigenvalue weighted by Crippen LogP contribution is 2.39. The van der Waals surface area contributed by atoms with Gasteiger partial charge in [-0.25, -0.2) is 8.42 Å². The lowest BCUT2D eigenvalue weighted by Gasteiger charge is -2.25. The van der Waals surface area contributed by atoms with Crippen LogP contribution in [0.5, 0.6) is 0 Å². The molecule has 0 aliphatic heterocycles. The van der Waals surface area contributed by atoms with Crippen molar-refractivity contribution < 1.29 is 21.7 Å². The van der Waals surface area contributed by atoms with Crippen molar-refractivity contribution in [2.75, 3.05) is 6.61 Å². The van der Waals surface area contributed by atoms with Crippen LogP contribution in [-0.2, 0) is 34.0 Å². The molecule has 3 aromatic carbocycles. The van der Waals surface area contributed by atoms with Crippen LogP contribution in [0.3, 0.4) is 0 Å². The van der Waals surface area contributed by atoms with Crippen LogP contribution in [0.1, 0.15) is 38.8 Å². The molecule has 0 atom stereocenters. The lowest BCUT2D eigenvalue weighted by Crippen LogP contribution is -2.46. The van der Waals surface area contributed by atoms with E-state index in [1.165, 1.54) is 51.7 Å². The molecule has 0 bridgehead atoms. The van der Waals surface area contributed by atoms with Gasteiger partial charge in [-0.2, -0.15) is 4.57 Å². The Balaban J connectivity index is 0.000000426. The van der Waals surface area contributed by atoms with Gasteiger partial charge in [0.05, 0.1) is 6.61 Å². The molecule has 6 heteroatoms. The lowest BCUT2D eigenvalue weighted by molar-refractivity contribution is -0.687. The molecule has 0 fully saturated rings. The molecule has 0 saturated heterocycles. The number of aryl methyl sites for hydroxylation is 1. The van der Waals surface area contributed by atoms with Gasteiger partial charge in [-0.05, 0) is 54.7 Å². The maximum absolute atomic E-state index is 9.45. The molecule has 4 aromatic rings. The molecule has 38 heavy (non-hydrogen) atoms. The average Bonchev–Trinajstić information content (AvgIpc) is 2.88. The molecule has 1 aliphatic carbocycles. The summed E-state index contributed by atoms with van der Waals surface area (Å²) in [6.45, 7) is 9.31. The van der Waals surface area contributed by atoms with Crippen LogP contribution >= 0.6 is 0 Å². The second-order valence-electron chi connectivity index (χ2n) is 10.6. The Morgan fingerprint density at radius 1 is 0.816 bits per heavy atom. The van der Waals surface area contributed by atoms with E-state index in [4.69, 9.17) is 0 Å². The highest BCUT2D eigenvalue weighted by molar-refractivity contribution is 7.80. The normalized spacial score (nSPS) is 12.7. The predicted molar refractivity (Wildman–Crippen MR) is 151 cm³/mol. The summed E-state index contributed by atoms with van der Waals surface area (Å²) in [7, 11) is -4.42. The Morgan fingerprint density at radius 2 is 1.39 bits per heavy atom. The summed E-state index contributed by atoms with van der Waals surface area (Å²) < 4.78 is 34.6. The fourth-order valence-electron chi connectivity index (χ4n) is 5.01. The molecule has 5 nitrogen and oxygen atoms in total. The van der Waals surface area contributed by atoms with Crippen LogP contribution in [0.25, 0.3) is 33.6 Å². The molecule has 0 unspecified atom stereocenters. The van der Waals surface area contributed by atoms with E-state index in [2.05, 4.69) is 121 Å². The highest BCUT2D eigenvalue weighted by atomic mass is 32.3. The van der Waals surface area contributed by atoms with Gasteiger partial charge in [0.1, 0.15) is 0 Å². The molecule has 0 amide bonds. The van der Waals surface area contributed by atoms with Crippen LogP contribution in [0, 0.1) is 5.41 Å². The average molecular weight is 530 g/mol. The van der Waals surface area contributed by atoms with Crippen LogP contribution in [0.2, 0.25) is 0 Å². The number of hydrogen-bond donors (Lipinski definition) is 0. The first-order valence-corrected chi connectivity index (χ1v) is 14.3. The molecule has 0 saturated carbocycles. The quantitative estimate of drug-likeness (QED) is 0.166. The second-order valence-corrected chi connectivity index (χ2v) is 11.7. The van der Waals surface area contributed by atoms with Gasteiger partial charge in [-0.3, -0.25) is 4.18 Å². The van der Waals surface area contributed by atoms with Gasteiger partial charge >= 0.3 is 0 Å². The first kappa shape index (κ1) is 27.7. The minimum atomic E-state index is -4.42. The number of hydrogen-bond acceptors (Lipinski definition) is 4. The first-order chi connectivity index (χ1) is 18.1. The third-order valence-electron chi connectivity index (χ3n) is 6.42. The monoisotopic (exact) mass is 529 g/mol. The number of benzene rings is 3. The van der Waals surface area contributed by atoms with Gasteiger partial charge in [0.25, 0.3) is 0 Å². The fraction of sp³-hybridized carbons (Fsp3) is 0.281. The molecule has 5 rings (SSSR count). The number of fused-ring (bicyclic) bond motifs is 3. The van der Waals surface area contributed by atoms with E-state index in [0.29, 0.717) is 0 Å². The summed E-state index contributed by atoms with van der Waals surface area (Å²) in [6, 6.07) is 33.2. The van der Waals surface area contributed by atoms with Gasteiger partial charge in [0.15, 0.2) is 6.54 Å². The van der Waals surface area contributed by atoms with Crippen molar-refractivity contribution in [2.24, 2.45) is 5.41 Å². The zero-order chi connectivity index (χ0) is 27.3. The Morgan fingerprint density at radius 3 is 1.95 bits per heavy atom. The highest BCUT2D eigenvalue weighted by Gasteiger charge is 2.33. The SMILES string of the molecule is CC(C)(C)C[n+]1c(-c2ccccc2)cc(-c2ccccc2)c2c1-c1ccccc1CC2.CCOS(=O)(=O)[O-]. The smallest absolute Gasteiger partial charge is 0.217 e. The van der Waals surface area contributed by atoms with E-state index in [1.807, 2.05) is 0 Å². The van der Waals surface area contributed by atoms with Crippen molar-refractivity contribution >= 4 is 10.4 Å². The van der Waals surface area contributed by atoms with E-state index in [1.54, 1.807) is 0 Å². The Labute approximate surface area is 226 Å². The minimum absolute atomic E-state index is 0.0914. The molecular formula is C32H35NO4S. The fourth-order valence-corrected chi connectivity index (χ4v) is 5.30. The Kier molecular flexibility index (Phi) is 8.46. The topological polar surface area (TPSA) is 70.3 Å². The second kappa shape index (κ2) is 11.6. The van der Waals surface area contributed by atoms with Crippen molar-refractivity contribution in [1.29, 1.82) is 0 Å². The molecule has 1 heterocycles. The van der Waals surface area contributed by atoms with Crippen LogP contribution in [0.15, 0.2) is 91.0 Å². The van der Waals surface area contributed by atoms with E-state index in [9.17, 15) is 13.0 Å². The first-order valence-electron chi connectivity index (χ1n) is 13.0. The van der Waals surface area contributed by atoms with Gasteiger partial charge in [-0.1, -0.05) is 87.5 Å². The lowest BCUT2D eigenvalue weighted by atomic mass is 9.83. The van der Waals surface area contributed by atoms with Crippen LogP contribution in [-0.4, -0.2) is 19.6 Å². The van der Waals surface area contributed by atoms with Crippen molar-refractivity contribution in [3.05, 3.63) is 102 Å². The van der Waals surface area contributed by atoms with Crippen molar-refractivity contribution in [3.63, 3.8) is 0 Å². The largest absolute Gasteiger partial charge is 0.726 e. The molecule has 198 valence electrons. The molecule has 1 aromatic heterocycles. The van der Waals surface area contributed by atoms with Gasteiger partial charge in [0, 0.05) is 28.2 Å². The minimum Gasteiger partial charge on any atom is -0.726 e. The summed E-state index contributed by atoms with van der Waals surface area (Å²) in [5.41, 5.74) is 11.1. The van der Waals surface area contributed by atoms with E-state index in [0.717, 1.165) is 19.4 Å². The van der Waals surface area contributed by atoms with Crippen LogP contribution < -0.4 is 4.57 Å². The maximum atomic E-state index is 9.45. The number of aromatic nitrogens is 1. The Bertz CT molecular complexity index is 1490. The summed E-state index contributed by atoms with van der Waals surface area (Å²) >= 11 is 0. The van der Waals surface area contributed by atoms with Crippen LogP contribution in [0.4, 0.5) is 0 Å². The molecule has 0 spiro atoms. The van der Waals surface area contributed by atoms with Gasteiger partial charge in [-0.15, -0.1) is 0 Å². The summed E-state index contributed by atoms with van der Waals surface area (Å²) in [4.78, 5) is 0. The maximum Gasteiger partial charge on any atom is 0.217 e. The molecular weight excluding hydrogens is 494 g/mol. The molecule has 0 N–H and O–H groups in total. The molecule has 1 aliphatic rings. The number of nitrogens with zero attached hydrogens (tertiary/aromatic N) is 1. The van der Waals surface area contributed by atoms with Crippen molar-refractivity contribution in [1.82, 2.24) is 0 Å². The van der Waals surface area contributed by atoms with Crippen molar-refractivity contribution in [2.45, 2.75) is 47.1 Å². The summed E-state index contributed by atoms with van der Waals surface area (Å²) in [5, 5.41) is 0. The van der Waals surface area contributed by atoms with Gasteiger partial charge in [0.2, 0.25) is 21.8 Å². The summed E-state index contributed by atoms with van der Waals surface area (Å²) in [6.07, 6.45) is 2.18. The third-order valence-corrected chi connectivity index (χ3v) is 6.94. The number of pyridine rings is 1. The zero-order valence-electron chi connectivity index (χ0n) is 22.5. The number of rotatable bonds is 5. The van der Waals surface area contributed by atoms with Crippen molar-refractivity contribution in [3.8, 4) is 33.6 Å². The zero-order valence-corrected chi connectivity index (χ0v) is 23.3. The van der Waals surface area contributed by atoms with E-state index in [-0.39, 0.29) is 12.0 Å².